The van der Waals surface area contributed by atoms with Crippen molar-refractivity contribution in [2.45, 2.75) is 32.2 Å². The van der Waals surface area contributed by atoms with Crippen molar-refractivity contribution >= 4 is 17.5 Å². The van der Waals surface area contributed by atoms with Gasteiger partial charge in [0.05, 0.1) is 30.4 Å². The molecule has 0 fully saturated rings. The van der Waals surface area contributed by atoms with Crippen LogP contribution in [0.2, 0.25) is 0 Å². The fourth-order valence-electron chi connectivity index (χ4n) is 2.28. The lowest BCUT2D eigenvalue weighted by molar-refractivity contribution is 0.101. The number of nitriles is 1. The molecule has 0 spiro atoms. The van der Waals surface area contributed by atoms with Gasteiger partial charge < -0.3 is 4.74 Å². The van der Waals surface area contributed by atoms with Crippen LogP contribution in [0.3, 0.4) is 0 Å². The zero-order chi connectivity index (χ0) is 17.5. The van der Waals surface area contributed by atoms with Crippen molar-refractivity contribution < 1.29 is 9.53 Å². The summed E-state index contributed by atoms with van der Waals surface area (Å²) in [5, 5.41) is 9.36. The summed E-state index contributed by atoms with van der Waals surface area (Å²) in [6, 6.07) is 9.60. The Morgan fingerprint density at radius 3 is 2.58 bits per heavy atom. The topological polar surface area (TPSA) is 75.9 Å². The molecule has 2 rings (SSSR count). The Morgan fingerprint density at radius 1 is 1.25 bits per heavy atom. The molecule has 6 heteroatoms. The number of thioether (sulfide) groups is 1. The lowest BCUT2D eigenvalue weighted by atomic mass is 10.2. The Bertz CT molecular complexity index is 767. The van der Waals surface area contributed by atoms with Crippen LogP contribution in [0.1, 0.15) is 34.4 Å². The van der Waals surface area contributed by atoms with E-state index in [4.69, 9.17) is 10.00 Å². The Labute approximate surface area is 146 Å². The second-order valence-corrected chi connectivity index (χ2v) is 6.35. The predicted octanol–water partition coefficient (Wildman–Crippen LogP) is 3.53. The minimum Gasteiger partial charge on any atom is -0.493 e. The van der Waals surface area contributed by atoms with Crippen molar-refractivity contribution in [3.05, 3.63) is 46.9 Å². The molecule has 1 aromatic heterocycles. The van der Waals surface area contributed by atoms with Gasteiger partial charge in [-0.3, -0.25) is 4.79 Å². The van der Waals surface area contributed by atoms with Crippen LogP contribution in [-0.2, 0) is 6.42 Å². The van der Waals surface area contributed by atoms with Crippen molar-refractivity contribution in [1.82, 2.24) is 9.97 Å². The third-order valence-electron chi connectivity index (χ3n) is 3.32. The number of aryl methyl sites for hydroxylation is 2. The van der Waals surface area contributed by atoms with Gasteiger partial charge in [0.25, 0.3) is 0 Å². The molecule has 24 heavy (non-hydrogen) atoms. The Hall–Kier alpha value is -2.39. The van der Waals surface area contributed by atoms with E-state index in [0.717, 1.165) is 11.3 Å². The van der Waals surface area contributed by atoms with Crippen molar-refractivity contribution in [1.29, 1.82) is 5.26 Å². The van der Waals surface area contributed by atoms with Gasteiger partial charge in [-0.2, -0.15) is 5.26 Å². The van der Waals surface area contributed by atoms with Crippen molar-refractivity contribution in [2.24, 2.45) is 0 Å². The normalized spacial score (nSPS) is 10.2. The van der Waals surface area contributed by atoms with Gasteiger partial charge in [-0.25, -0.2) is 9.97 Å². The largest absolute Gasteiger partial charge is 0.493 e. The molecule has 0 radical (unpaired) electrons. The molecule has 0 saturated carbocycles. The predicted molar refractivity (Wildman–Crippen MR) is 93.5 cm³/mol. The minimum atomic E-state index is -0.0241. The lowest BCUT2D eigenvalue weighted by Gasteiger charge is -2.10. The van der Waals surface area contributed by atoms with Gasteiger partial charge in [-0.05, 0) is 38.5 Å². The maximum Gasteiger partial charge on any atom is 0.164 e. The number of ketones is 1. The first-order chi connectivity index (χ1) is 11.5. The number of ether oxygens (including phenoxy) is 1. The second-order valence-electron chi connectivity index (χ2n) is 5.27. The highest BCUT2D eigenvalue weighted by Gasteiger charge is 2.14. The molecule has 0 unspecified atom stereocenters. The summed E-state index contributed by atoms with van der Waals surface area (Å²) in [4.78, 5) is 20.4. The van der Waals surface area contributed by atoms with E-state index < -0.39 is 0 Å². The number of carbonyl (C=O) groups excluding carboxylic acids is 1. The maximum absolute atomic E-state index is 11.8. The quantitative estimate of drug-likeness (QED) is 0.332. The van der Waals surface area contributed by atoms with Gasteiger partial charge >= 0.3 is 0 Å². The van der Waals surface area contributed by atoms with Gasteiger partial charge in [0, 0.05) is 5.75 Å². The lowest BCUT2D eigenvalue weighted by Crippen LogP contribution is -2.08. The van der Waals surface area contributed by atoms with Crippen molar-refractivity contribution in [2.75, 3.05) is 12.4 Å². The number of carbonyl (C=O) groups is 1. The molecule has 1 aromatic carbocycles. The van der Waals surface area contributed by atoms with E-state index in [1.54, 1.807) is 0 Å². The van der Waals surface area contributed by atoms with Gasteiger partial charge in [-0.15, -0.1) is 11.8 Å². The molecule has 5 nitrogen and oxygen atoms in total. The van der Waals surface area contributed by atoms with E-state index in [9.17, 15) is 4.79 Å². The smallest absolute Gasteiger partial charge is 0.164 e. The number of Topliss-reactive ketones (excluding diaryl/α,β-unsaturated/α-hetero) is 1. The van der Waals surface area contributed by atoms with E-state index in [-0.39, 0.29) is 5.78 Å². The SMILES string of the molecule is CC(=O)c1c(C)nc(C)nc1SCCOc1ccc(CC#N)cc1. The fourth-order valence-corrected chi connectivity index (χ4v) is 3.28. The van der Waals surface area contributed by atoms with Gasteiger partial charge in [0.15, 0.2) is 5.78 Å². The molecule has 0 aliphatic heterocycles. The molecular weight excluding hydrogens is 322 g/mol. The number of rotatable bonds is 7. The summed E-state index contributed by atoms with van der Waals surface area (Å²) in [7, 11) is 0. The fraction of sp³-hybridized carbons (Fsp3) is 0.333. The molecule has 0 aliphatic carbocycles. The zero-order valence-electron chi connectivity index (χ0n) is 14.0. The summed E-state index contributed by atoms with van der Waals surface area (Å²) in [5.41, 5.74) is 2.27. The van der Waals surface area contributed by atoms with Crippen LogP contribution in [0.5, 0.6) is 5.75 Å². The first-order valence-corrected chi connectivity index (χ1v) is 8.57. The van der Waals surface area contributed by atoms with Gasteiger partial charge in [-0.1, -0.05) is 12.1 Å². The highest BCUT2D eigenvalue weighted by molar-refractivity contribution is 7.99. The van der Waals surface area contributed by atoms with Gasteiger partial charge in [0.2, 0.25) is 0 Å². The molecule has 0 aliphatic rings. The summed E-state index contributed by atoms with van der Waals surface area (Å²) in [5.74, 6) is 2.08. The molecule has 0 N–H and O–H groups in total. The van der Waals surface area contributed by atoms with Crippen molar-refractivity contribution in [3.8, 4) is 11.8 Å². The molecular formula is C18H19N3O2S. The first-order valence-electron chi connectivity index (χ1n) is 7.59. The summed E-state index contributed by atoms with van der Waals surface area (Å²) < 4.78 is 5.69. The monoisotopic (exact) mass is 341 g/mol. The zero-order valence-corrected chi connectivity index (χ0v) is 14.8. The molecule has 0 saturated heterocycles. The number of benzene rings is 1. The highest BCUT2D eigenvalue weighted by Crippen LogP contribution is 2.23. The van der Waals surface area contributed by atoms with E-state index in [1.807, 2.05) is 38.1 Å². The molecule has 0 atom stereocenters. The van der Waals surface area contributed by atoms with Crippen LogP contribution in [0, 0.1) is 25.2 Å². The average molecular weight is 341 g/mol. The molecule has 124 valence electrons. The number of nitrogens with zero attached hydrogens (tertiary/aromatic N) is 3. The molecule has 0 bridgehead atoms. The number of hydrogen-bond acceptors (Lipinski definition) is 6. The van der Waals surface area contributed by atoms with E-state index in [2.05, 4.69) is 16.0 Å². The van der Waals surface area contributed by atoms with Crippen LogP contribution in [-0.4, -0.2) is 28.1 Å². The Balaban J connectivity index is 1.93. The number of hydrogen-bond donors (Lipinski definition) is 0. The van der Waals surface area contributed by atoms with Gasteiger partial charge in [0.1, 0.15) is 16.6 Å². The summed E-state index contributed by atoms with van der Waals surface area (Å²) >= 11 is 1.49. The van der Waals surface area contributed by atoms with E-state index in [0.29, 0.717) is 40.9 Å². The van der Waals surface area contributed by atoms with E-state index >= 15 is 0 Å². The third-order valence-corrected chi connectivity index (χ3v) is 4.26. The molecule has 0 amide bonds. The van der Waals surface area contributed by atoms with Crippen LogP contribution in [0.15, 0.2) is 29.3 Å². The average Bonchev–Trinajstić information content (AvgIpc) is 2.52. The first kappa shape index (κ1) is 18.0. The summed E-state index contributed by atoms with van der Waals surface area (Å²) in [6.45, 7) is 5.68. The number of aromatic nitrogens is 2. The van der Waals surface area contributed by atoms with Crippen LogP contribution in [0.25, 0.3) is 0 Å². The van der Waals surface area contributed by atoms with E-state index in [1.165, 1.54) is 18.7 Å². The third kappa shape index (κ3) is 4.80. The maximum atomic E-state index is 11.8. The van der Waals surface area contributed by atoms with Crippen LogP contribution < -0.4 is 4.74 Å². The molecule has 2 aromatic rings. The van der Waals surface area contributed by atoms with Crippen LogP contribution >= 0.6 is 11.8 Å². The molecule has 1 heterocycles. The summed E-state index contributed by atoms with van der Waals surface area (Å²) in [6.07, 6.45) is 0.399. The van der Waals surface area contributed by atoms with Crippen LogP contribution in [0.4, 0.5) is 0 Å². The minimum absolute atomic E-state index is 0.0241. The van der Waals surface area contributed by atoms with Crippen molar-refractivity contribution in [3.63, 3.8) is 0 Å². The Morgan fingerprint density at radius 2 is 1.96 bits per heavy atom. The standard InChI is InChI=1S/C18H19N3O2S/c1-12-17(13(2)22)18(21-14(3)20-12)24-11-10-23-16-6-4-15(5-7-16)8-9-19/h4-7H,8,10-11H2,1-3H3. The highest BCUT2D eigenvalue weighted by atomic mass is 32.2. The second kappa shape index (κ2) is 8.46. The Kier molecular flexibility index (Phi) is 6.33.